The molecular weight excluding hydrogens is 392 g/mol. The molecule has 2 unspecified atom stereocenters. The fourth-order valence-corrected chi connectivity index (χ4v) is 4.03. The maximum atomic E-state index is 11.9. The molecule has 1 aromatic carbocycles. The number of pyridine rings is 1. The van der Waals surface area contributed by atoms with Crippen LogP contribution in [-0.2, 0) is 6.42 Å². The number of ketones is 1. The number of carbonyl (C=O) groups excluding carboxylic acids is 1. The van der Waals surface area contributed by atoms with E-state index in [2.05, 4.69) is 47.3 Å². The molecule has 0 saturated heterocycles. The van der Waals surface area contributed by atoms with Crippen LogP contribution in [0, 0.1) is 11.8 Å². The van der Waals surface area contributed by atoms with Gasteiger partial charge in [0, 0.05) is 29.6 Å². The fourth-order valence-electron chi connectivity index (χ4n) is 4.03. The molecule has 0 radical (unpaired) electrons. The number of benzene rings is 1. The number of Topliss-reactive ketones (excluding diaryl/α,β-unsaturated/α-hetero) is 1. The van der Waals surface area contributed by atoms with E-state index in [4.69, 9.17) is 0 Å². The summed E-state index contributed by atoms with van der Waals surface area (Å²) < 4.78 is 0. The van der Waals surface area contributed by atoms with Crippen LogP contribution < -0.4 is 0 Å². The van der Waals surface area contributed by atoms with E-state index in [1.165, 1.54) is 5.56 Å². The monoisotopic (exact) mass is 428 g/mol. The van der Waals surface area contributed by atoms with Gasteiger partial charge in [-0.05, 0) is 60.9 Å². The van der Waals surface area contributed by atoms with Gasteiger partial charge in [-0.2, -0.15) is 0 Å². The molecule has 168 valence electrons. The topological polar surface area (TPSA) is 42.3 Å². The Morgan fingerprint density at radius 3 is 2.56 bits per heavy atom. The van der Waals surface area contributed by atoms with Crippen LogP contribution in [0.15, 0.2) is 78.1 Å². The van der Waals surface area contributed by atoms with E-state index in [0.717, 1.165) is 47.4 Å². The zero-order valence-corrected chi connectivity index (χ0v) is 19.0. The van der Waals surface area contributed by atoms with Gasteiger partial charge < -0.3 is 0 Å². The van der Waals surface area contributed by atoms with E-state index in [0.29, 0.717) is 11.8 Å². The van der Waals surface area contributed by atoms with Gasteiger partial charge in [0.25, 0.3) is 0 Å². The van der Waals surface area contributed by atoms with Crippen molar-refractivity contribution in [3.05, 3.63) is 95.5 Å². The number of rotatable bonds is 6. The van der Waals surface area contributed by atoms with Crippen molar-refractivity contribution in [2.45, 2.75) is 54.4 Å². The van der Waals surface area contributed by atoms with Crippen molar-refractivity contribution in [3.63, 3.8) is 0 Å². The van der Waals surface area contributed by atoms with E-state index < -0.39 is 0 Å². The lowest BCUT2D eigenvalue weighted by molar-refractivity contribution is 0.101. The molecule has 0 saturated carbocycles. The first kappa shape index (κ1) is 25.2. The second-order valence-electron chi connectivity index (χ2n) is 7.84. The molecule has 2 aromatic rings. The van der Waals surface area contributed by atoms with Gasteiger partial charge in [0.15, 0.2) is 5.78 Å². The van der Waals surface area contributed by atoms with Gasteiger partial charge in [-0.25, -0.2) is 0 Å². The van der Waals surface area contributed by atoms with Crippen LogP contribution in [0.4, 0.5) is 0 Å². The quantitative estimate of drug-likeness (QED) is 0.447. The molecule has 0 fully saturated rings. The van der Waals surface area contributed by atoms with Crippen LogP contribution in [0.2, 0.25) is 0 Å². The van der Waals surface area contributed by atoms with E-state index in [1.54, 1.807) is 6.92 Å². The van der Waals surface area contributed by atoms with Crippen molar-refractivity contribution in [2.75, 3.05) is 0 Å². The Hall–Kier alpha value is -3.07. The lowest BCUT2D eigenvalue weighted by Gasteiger charge is -2.17. The molecule has 2 aliphatic rings. The molecular formula is C29H36N2O. The van der Waals surface area contributed by atoms with Gasteiger partial charge in [-0.15, -0.1) is 0 Å². The summed E-state index contributed by atoms with van der Waals surface area (Å²) in [4.78, 5) is 21.0. The van der Waals surface area contributed by atoms with Crippen LogP contribution in [0.5, 0.6) is 0 Å². The minimum Gasteiger partial charge on any atom is -0.294 e. The molecule has 1 aromatic heterocycles. The zero-order valence-electron chi connectivity index (χ0n) is 19.0. The summed E-state index contributed by atoms with van der Waals surface area (Å²) in [7, 11) is 0. The average Bonchev–Trinajstić information content (AvgIpc) is 3.25. The van der Waals surface area contributed by atoms with Crippen LogP contribution in [0.3, 0.4) is 0 Å². The Labute approximate surface area is 193 Å². The second-order valence-corrected chi connectivity index (χ2v) is 7.84. The first-order valence-corrected chi connectivity index (χ1v) is 11.3. The summed E-state index contributed by atoms with van der Waals surface area (Å²) in [6, 6.07) is 12.1. The zero-order chi connectivity index (χ0) is 22.2. The molecule has 3 nitrogen and oxygen atoms in total. The number of aromatic nitrogens is 1. The highest BCUT2D eigenvalue weighted by atomic mass is 16.1. The van der Waals surface area contributed by atoms with E-state index >= 15 is 0 Å². The van der Waals surface area contributed by atoms with Gasteiger partial charge in [0.2, 0.25) is 0 Å². The highest BCUT2D eigenvalue weighted by Crippen LogP contribution is 2.29. The lowest BCUT2D eigenvalue weighted by Crippen LogP contribution is -2.09. The number of allylic oxidation sites excluding steroid dienone is 5. The third-order valence-electron chi connectivity index (χ3n) is 5.71. The summed E-state index contributed by atoms with van der Waals surface area (Å²) in [5, 5.41) is 0. The van der Waals surface area contributed by atoms with E-state index in [1.807, 2.05) is 56.6 Å². The minimum atomic E-state index is 0. The molecule has 4 rings (SSSR count). The van der Waals surface area contributed by atoms with Crippen LogP contribution in [0.1, 0.15) is 75.1 Å². The summed E-state index contributed by atoms with van der Waals surface area (Å²) in [6.07, 6.45) is 15.6. The lowest BCUT2D eigenvalue weighted by atomic mass is 9.87. The number of nitrogens with zero attached hydrogens (tertiary/aromatic N) is 2. The summed E-state index contributed by atoms with van der Waals surface area (Å²) in [5.74, 6) is 0.977. The maximum absolute atomic E-state index is 11.9. The van der Waals surface area contributed by atoms with Crippen molar-refractivity contribution < 1.29 is 4.79 Å². The van der Waals surface area contributed by atoms with E-state index in [-0.39, 0.29) is 13.2 Å². The smallest absolute Gasteiger partial charge is 0.160 e. The SMILES string of the molecule is C.CC.CC(=O)c1ccccc1C1=CCC(CCc2cc(C3=NC=CC3C)ccn2)C=C1. The first-order valence-electron chi connectivity index (χ1n) is 11.3. The van der Waals surface area contributed by atoms with Gasteiger partial charge >= 0.3 is 0 Å². The minimum absolute atomic E-state index is 0. The largest absolute Gasteiger partial charge is 0.294 e. The molecule has 1 aliphatic carbocycles. The molecule has 2 heterocycles. The average molecular weight is 429 g/mol. The van der Waals surface area contributed by atoms with Crippen molar-refractivity contribution in [1.82, 2.24) is 4.98 Å². The van der Waals surface area contributed by atoms with Crippen LogP contribution in [-0.4, -0.2) is 16.5 Å². The second kappa shape index (κ2) is 12.1. The molecule has 1 aliphatic heterocycles. The van der Waals surface area contributed by atoms with Gasteiger partial charge in [-0.3, -0.25) is 14.8 Å². The fraction of sp³-hybridized carbons (Fsp3) is 0.345. The molecule has 2 atom stereocenters. The molecule has 32 heavy (non-hydrogen) atoms. The van der Waals surface area contributed by atoms with Gasteiger partial charge in [-0.1, -0.05) is 76.8 Å². The summed E-state index contributed by atoms with van der Waals surface area (Å²) in [5.41, 5.74) is 6.39. The normalized spacial score (nSPS) is 18.8. The standard InChI is InChI=1S/C26H26N2O.C2H6.CH4/c1-18-13-15-28-26(18)22-14-16-27-23(17-22)12-9-20-7-10-21(11-8-20)25-6-4-3-5-24(25)19(2)29;1-2;/h3-7,10-11,13-18,20H,8-9,12H2,1-2H3;1-2H3;1H4. The van der Waals surface area contributed by atoms with E-state index in [9.17, 15) is 4.79 Å². The van der Waals surface area contributed by atoms with Crippen LogP contribution >= 0.6 is 0 Å². The van der Waals surface area contributed by atoms with Crippen molar-refractivity contribution in [2.24, 2.45) is 16.8 Å². The molecule has 0 spiro atoms. The number of hydrogen-bond acceptors (Lipinski definition) is 3. The maximum Gasteiger partial charge on any atom is 0.160 e. The van der Waals surface area contributed by atoms with Crippen LogP contribution in [0.25, 0.3) is 5.57 Å². The third kappa shape index (κ3) is 6.00. The van der Waals surface area contributed by atoms with Crippen molar-refractivity contribution in [3.8, 4) is 0 Å². The van der Waals surface area contributed by atoms with Crippen molar-refractivity contribution >= 4 is 17.1 Å². The predicted octanol–water partition coefficient (Wildman–Crippen LogP) is 7.49. The Morgan fingerprint density at radius 2 is 1.91 bits per heavy atom. The summed E-state index contributed by atoms with van der Waals surface area (Å²) in [6.45, 7) is 7.80. The highest BCUT2D eigenvalue weighted by molar-refractivity contribution is 6.04. The predicted molar refractivity (Wildman–Crippen MR) is 137 cm³/mol. The van der Waals surface area contributed by atoms with Gasteiger partial charge in [0.05, 0.1) is 5.71 Å². The Kier molecular flexibility index (Phi) is 9.52. The number of aryl methyl sites for hydroxylation is 1. The molecule has 3 heteroatoms. The molecule has 0 N–H and O–H groups in total. The molecule has 0 amide bonds. The first-order chi connectivity index (χ1) is 15.1. The number of hydrogen-bond donors (Lipinski definition) is 0. The Bertz CT molecular complexity index is 1040. The highest BCUT2D eigenvalue weighted by Gasteiger charge is 2.16. The Morgan fingerprint density at radius 1 is 1.12 bits per heavy atom. The Balaban J connectivity index is 0.00000118. The summed E-state index contributed by atoms with van der Waals surface area (Å²) >= 11 is 0. The number of carbonyl (C=O) groups is 1. The number of aliphatic imine (C=N–C) groups is 1. The molecule has 0 bridgehead atoms. The van der Waals surface area contributed by atoms with Crippen molar-refractivity contribution in [1.29, 1.82) is 0 Å². The van der Waals surface area contributed by atoms with Gasteiger partial charge in [0.1, 0.15) is 0 Å². The third-order valence-corrected chi connectivity index (χ3v) is 5.71.